The van der Waals surface area contributed by atoms with Crippen molar-refractivity contribution in [1.82, 2.24) is 0 Å². The summed E-state index contributed by atoms with van der Waals surface area (Å²) in [5, 5.41) is 9.61. The molecule has 0 saturated carbocycles. The maximum Gasteiger partial charge on any atom is 0.214 e. The summed E-state index contributed by atoms with van der Waals surface area (Å²) in [7, 11) is 0. The maximum absolute atomic E-state index is 9.61. The zero-order valence-electron chi connectivity index (χ0n) is 7.85. The van der Waals surface area contributed by atoms with Crippen LogP contribution in [-0.4, -0.2) is 5.11 Å². The number of phenolic OH excluding ortho intramolecular Hbond substituents is 1. The second-order valence-electron chi connectivity index (χ2n) is 3.38. The van der Waals surface area contributed by atoms with E-state index < -0.39 is 0 Å². The summed E-state index contributed by atoms with van der Waals surface area (Å²) < 4.78 is 5.09. The monoisotopic (exact) mass is 179 g/mol. The van der Waals surface area contributed by atoms with Crippen LogP contribution < -0.4 is 10.5 Å². The van der Waals surface area contributed by atoms with Crippen LogP contribution in [0.1, 0.15) is 24.5 Å². The quantitative estimate of drug-likeness (QED) is 0.422. The van der Waals surface area contributed by atoms with Gasteiger partial charge in [-0.15, -0.1) is 0 Å². The Morgan fingerprint density at radius 1 is 1.38 bits per heavy atom. The smallest absolute Gasteiger partial charge is 0.214 e. The number of fused-ring (bicyclic) bond motifs is 1. The van der Waals surface area contributed by atoms with Gasteiger partial charge in [0.25, 0.3) is 0 Å². The zero-order valence-corrected chi connectivity index (χ0v) is 7.85. The van der Waals surface area contributed by atoms with E-state index in [2.05, 4.69) is 6.92 Å². The standard InChI is InChI=1S/C10H13NO2/c1-3-4-6-5(2)8(12)10-9(13-10)7(6)11/h12H,3-4,11H2,1-2H3. The maximum atomic E-state index is 9.61. The number of hydrogen-bond donors (Lipinski definition) is 2. The van der Waals surface area contributed by atoms with Crippen LogP contribution >= 0.6 is 0 Å². The summed E-state index contributed by atoms with van der Waals surface area (Å²) in [4.78, 5) is 0. The Balaban J connectivity index is 2.56. The number of nitrogens with two attached hydrogens (primary N) is 1. The number of hydrogen-bond acceptors (Lipinski definition) is 3. The summed E-state index contributed by atoms with van der Waals surface area (Å²) in [5.41, 5.74) is 8.44. The largest absolute Gasteiger partial charge is 0.504 e. The Morgan fingerprint density at radius 3 is 2.69 bits per heavy atom. The minimum absolute atomic E-state index is 0.257. The molecule has 0 bridgehead atoms. The van der Waals surface area contributed by atoms with E-state index in [1.807, 2.05) is 6.92 Å². The molecule has 0 aliphatic carbocycles. The van der Waals surface area contributed by atoms with Gasteiger partial charge in [0.05, 0.1) is 5.69 Å². The van der Waals surface area contributed by atoms with E-state index in [1.165, 1.54) is 0 Å². The fourth-order valence-electron chi connectivity index (χ4n) is 1.63. The third-order valence-electron chi connectivity index (χ3n) is 2.46. The minimum Gasteiger partial charge on any atom is -0.504 e. The second kappa shape index (κ2) is 2.55. The van der Waals surface area contributed by atoms with Gasteiger partial charge in [-0.05, 0) is 18.9 Å². The van der Waals surface area contributed by atoms with E-state index in [0.29, 0.717) is 17.2 Å². The highest BCUT2D eigenvalue weighted by atomic mass is 16.6. The first-order valence-corrected chi connectivity index (χ1v) is 4.48. The Kier molecular flexibility index (Phi) is 1.62. The Labute approximate surface area is 77.1 Å². The molecule has 0 spiro atoms. The number of aromatic hydroxyl groups is 1. The van der Waals surface area contributed by atoms with Gasteiger partial charge in [0.15, 0.2) is 11.5 Å². The average molecular weight is 179 g/mol. The molecule has 0 aromatic heterocycles. The van der Waals surface area contributed by atoms with Crippen molar-refractivity contribution in [2.75, 3.05) is 5.73 Å². The molecule has 0 radical (unpaired) electrons. The van der Waals surface area contributed by atoms with Crippen LogP contribution in [0.25, 0.3) is 0 Å². The Bertz CT molecular complexity index is 372. The summed E-state index contributed by atoms with van der Waals surface area (Å²) in [6, 6.07) is 0. The highest BCUT2D eigenvalue weighted by molar-refractivity contribution is 5.80. The van der Waals surface area contributed by atoms with Crippen LogP contribution in [0.4, 0.5) is 5.69 Å². The lowest BCUT2D eigenvalue weighted by Crippen LogP contribution is -1.95. The van der Waals surface area contributed by atoms with Crippen molar-refractivity contribution in [1.29, 1.82) is 0 Å². The number of nitrogen functional groups attached to an aromatic ring is 1. The molecule has 1 aliphatic heterocycles. The highest BCUT2D eigenvalue weighted by Crippen LogP contribution is 2.59. The molecule has 0 unspecified atom stereocenters. The van der Waals surface area contributed by atoms with Crippen molar-refractivity contribution in [3.05, 3.63) is 11.1 Å². The predicted octanol–water partition coefficient (Wildman–Crippen LogP) is 2.34. The third-order valence-corrected chi connectivity index (χ3v) is 2.46. The molecule has 3 heteroatoms. The molecular formula is C10H13NO2. The molecule has 1 aromatic rings. The van der Waals surface area contributed by atoms with E-state index in [0.717, 1.165) is 24.0 Å². The first kappa shape index (κ1) is 8.23. The Morgan fingerprint density at radius 2 is 2.08 bits per heavy atom. The first-order chi connectivity index (χ1) is 6.16. The van der Waals surface area contributed by atoms with Gasteiger partial charge in [0.2, 0.25) is 5.75 Å². The number of benzene rings is 1. The summed E-state index contributed by atoms with van der Waals surface area (Å²) in [6.07, 6.45) is 1.91. The highest BCUT2D eigenvalue weighted by Gasteiger charge is 2.32. The van der Waals surface area contributed by atoms with E-state index >= 15 is 0 Å². The van der Waals surface area contributed by atoms with Crippen molar-refractivity contribution in [2.45, 2.75) is 26.7 Å². The fourth-order valence-corrected chi connectivity index (χ4v) is 1.63. The van der Waals surface area contributed by atoms with Gasteiger partial charge in [-0.3, -0.25) is 0 Å². The van der Waals surface area contributed by atoms with Crippen LogP contribution in [0.5, 0.6) is 17.2 Å². The average Bonchev–Trinajstić information content (AvgIpc) is 2.88. The van der Waals surface area contributed by atoms with Gasteiger partial charge in [-0.1, -0.05) is 13.3 Å². The number of rotatable bonds is 2. The summed E-state index contributed by atoms with van der Waals surface area (Å²) in [5.74, 6) is 1.49. The molecule has 0 amide bonds. The van der Waals surface area contributed by atoms with Crippen LogP contribution in [0.3, 0.4) is 0 Å². The van der Waals surface area contributed by atoms with Gasteiger partial charge in [-0.25, -0.2) is 0 Å². The van der Waals surface area contributed by atoms with Crippen molar-refractivity contribution in [3.63, 3.8) is 0 Å². The number of ether oxygens (including phenoxy) is 1. The topological polar surface area (TPSA) is 58.8 Å². The lowest BCUT2D eigenvalue weighted by atomic mass is 10.0. The molecule has 0 saturated heterocycles. The van der Waals surface area contributed by atoms with Gasteiger partial charge in [0.1, 0.15) is 0 Å². The minimum atomic E-state index is 0.257. The normalized spacial score (nSPS) is 12.2. The third kappa shape index (κ3) is 1.03. The molecule has 0 fully saturated rings. The van der Waals surface area contributed by atoms with Crippen molar-refractivity contribution in [2.24, 2.45) is 0 Å². The zero-order chi connectivity index (χ0) is 9.59. The van der Waals surface area contributed by atoms with Crippen molar-refractivity contribution < 1.29 is 9.84 Å². The second-order valence-corrected chi connectivity index (χ2v) is 3.38. The lowest BCUT2D eigenvalue weighted by Gasteiger charge is -2.06. The van der Waals surface area contributed by atoms with E-state index in [-0.39, 0.29) is 5.75 Å². The summed E-state index contributed by atoms with van der Waals surface area (Å²) in [6.45, 7) is 3.96. The molecule has 70 valence electrons. The molecule has 3 nitrogen and oxygen atoms in total. The molecule has 0 atom stereocenters. The Hall–Kier alpha value is -1.38. The molecule has 1 aromatic carbocycles. The number of anilines is 1. The SMILES string of the molecule is CCCc1c(C)c(O)c2c(c1N)O2. The molecule has 13 heavy (non-hydrogen) atoms. The predicted molar refractivity (Wildman–Crippen MR) is 51.3 cm³/mol. The van der Waals surface area contributed by atoms with Crippen LogP contribution in [0, 0.1) is 6.92 Å². The van der Waals surface area contributed by atoms with E-state index in [9.17, 15) is 5.11 Å². The number of phenols is 1. The molecule has 3 N–H and O–H groups in total. The van der Waals surface area contributed by atoms with E-state index in [1.54, 1.807) is 0 Å². The van der Waals surface area contributed by atoms with Gasteiger partial charge in [0, 0.05) is 5.56 Å². The van der Waals surface area contributed by atoms with Crippen molar-refractivity contribution >= 4 is 5.69 Å². The molecule has 2 rings (SSSR count). The van der Waals surface area contributed by atoms with Gasteiger partial charge in [-0.2, -0.15) is 0 Å². The van der Waals surface area contributed by atoms with Crippen LogP contribution in [0.2, 0.25) is 0 Å². The fraction of sp³-hybridized carbons (Fsp3) is 0.400. The van der Waals surface area contributed by atoms with Crippen LogP contribution in [0.15, 0.2) is 0 Å². The first-order valence-electron chi connectivity index (χ1n) is 4.48. The van der Waals surface area contributed by atoms with Gasteiger partial charge < -0.3 is 15.6 Å². The lowest BCUT2D eigenvalue weighted by molar-refractivity contribution is 0.459. The van der Waals surface area contributed by atoms with E-state index in [4.69, 9.17) is 10.5 Å². The van der Waals surface area contributed by atoms with Crippen LogP contribution in [-0.2, 0) is 6.42 Å². The van der Waals surface area contributed by atoms with Crippen molar-refractivity contribution in [3.8, 4) is 17.2 Å². The summed E-state index contributed by atoms with van der Waals surface area (Å²) >= 11 is 0. The van der Waals surface area contributed by atoms with Gasteiger partial charge >= 0.3 is 0 Å². The molecule has 1 aliphatic rings. The molecule has 1 heterocycles. The molecular weight excluding hydrogens is 166 g/mol.